The van der Waals surface area contributed by atoms with Crippen molar-refractivity contribution in [2.75, 3.05) is 5.32 Å². The van der Waals surface area contributed by atoms with Crippen LogP contribution in [0.2, 0.25) is 0 Å². The van der Waals surface area contributed by atoms with E-state index in [1.165, 1.54) is 11.3 Å². The first-order valence-electron chi connectivity index (χ1n) is 9.38. The molecule has 0 unspecified atom stereocenters. The summed E-state index contributed by atoms with van der Waals surface area (Å²) >= 11 is 1.37. The van der Waals surface area contributed by atoms with Crippen molar-refractivity contribution in [3.63, 3.8) is 0 Å². The summed E-state index contributed by atoms with van der Waals surface area (Å²) in [5.41, 5.74) is 2.71. The maximum Gasteiger partial charge on any atom is 0.263 e. The molecular formula is C22H21N3O2S. The van der Waals surface area contributed by atoms with Gasteiger partial charge in [0.2, 0.25) is 5.91 Å². The largest absolute Gasteiger partial charge is 0.347 e. The van der Waals surface area contributed by atoms with Crippen molar-refractivity contribution < 1.29 is 9.59 Å². The zero-order valence-corrected chi connectivity index (χ0v) is 16.2. The fourth-order valence-electron chi connectivity index (χ4n) is 3.04. The van der Waals surface area contributed by atoms with E-state index in [1.54, 1.807) is 6.20 Å². The number of carbonyl (C=O) groups is 2. The summed E-state index contributed by atoms with van der Waals surface area (Å²) < 4.78 is 0. The van der Waals surface area contributed by atoms with Crippen LogP contribution in [-0.2, 0) is 11.3 Å². The predicted molar refractivity (Wildman–Crippen MR) is 111 cm³/mol. The van der Waals surface area contributed by atoms with Crippen LogP contribution in [0.25, 0.3) is 10.6 Å². The Morgan fingerprint density at radius 1 is 1.07 bits per heavy atom. The molecule has 1 fully saturated rings. The Morgan fingerprint density at radius 3 is 2.64 bits per heavy atom. The zero-order chi connectivity index (χ0) is 19.3. The smallest absolute Gasteiger partial charge is 0.263 e. The van der Waals surface area contributed by atoms with Crippen LogP contribution in [0.3, 0.4) is 0 Å². The molecule has 1 heterocycles. The average Bonchev–Trinajstić information content (AvgIpc) is 3.16. The van der Waals surface area contributed by atoms with E-state index in [4.69, 9.17) is 0 Å². The molecule has 3 aromatic rings. The van der Waals surface area contributed by atoms with Gasteiger partial charge in [-0.15, -0.1) is 11.3 Å². The molecule has 1 aliphatic carbocycles. The van der Waals surface area contributed by atoms with Crippen LogP contribution in [0.4, 0.5) is 5.69 Å². The van der Waals surface area contributed by atoms with Gasteiger partial charge in [-0.2, -0.15) is 0 Å². The summed E-state index contributed by atoms with van der Waals surface area (Å²) in [5.74, 6) is 0.0858. The topological polar surface area (TPSA) is 71.1 Å². The van der Waals surface area contributed by atoms with E-state index in [-0.39, 0.29) is 17.7 Å². The first-order valence-corrected chi connectivity index (χ1v) is 10.2. The third-order valence-corrected chi connectivity index (χ3v) is 5.92. The third kappa shape index (κ3) is 4.28. The van der Waals surface area contributed by atoms with Crippen molar-refractivity contribution in [1.29, 1.82) is 0 Å². The minimum absolute atomic E-state index is 0.0885. The Hall–Kier alpha value is -2.99. The first kappa shape index (κ1) is 18.4. The lowest BCUT2D eigenvalue weighted by Gasteiger charge is -2.24. The molecule has 6 heteroatoms. The second-order valence-electron chi connectivity index (χ2n) is 6.90. The molecule has 4 rings (SSSR count). The predicted octanol–water partition coefficient (Wildman–Crippen LogP) is 4.48. The van der Waals surface area contributed by atoms with E-state index in [2.05, 4.69) is 15.6 Å². The highest BCUT2D eigenvalue weighted by atomic mass is 32.1. The maximum atomic E-state index is 12.5. The fraction of sp³-hybridized carbons (Fsp3) is 0.227. The van der Waals surface area contributed by atoms with Crippen molar-refractivity contribution in [2.45, 2.75) is 25.8 Å². The molecule has 1 saturated carbocycles. The number of aromatic nitrogens is 1. The molecule has 1 aliphatic rings. The number of nitrogens with one attached hydrogen (secondary N) is 2. The van der Waals surface area contributed by atoms with E-state index < -0.39 is 0 Å². The van der Waals surface area contributed by atoms with Crippen molar-refractivity contribution in [3.8, 4) is 10.6 Å². The second-order valence-corrected chi connectivity index (χ2v) is 7.93. The summed E-state index contributed by atoms with van der Waals surface area (Å²) in [5, 5.41) is 6.72. The van der Waals surface area contributed by atoms with E-state index in [9.17, 15) is 9.59 Å². The number of amides is 2. The lowest BCUT2D eigenvalue weighted by atomic mass is 9.85. The zero-order valence-electron chi connectivity index (χ0n) is 15.4. The second kappa shape index (κ2) is 8.35. The minimum Gasteiger partial charge on any atom is -0.347 e. The number of anilines is 1. The summed E-state index contributed by atoms with van der Waals surface area (Å²) in [6, 6.07) is 17.4. The molecule has 0 aliphatic heterocycles. The number of carbonyl (C=O) groups excluding carboxylic acids is 2. The highest BCUT2D eigenvalue weighted by molar-refractivity contribution is 7.16. The van der Waals surface area contributed by atoms with Crippen molar-refractivity contribution >= 4 is 28.8 Å². The van der Waals surface area contributed by atoms with Crippen molar-refractivity contribution in [3.05, 3.63) is 71.2 Å². The van der Waals surface area contributed by atoms with Gasteiger partial charge in [-0.05, 0) is 30.5 Å². The lowest BCUT2D eigenvalue weighted by molar-refractivity contribution is -0.122. The molecule has 142 valence electrons. The van der Waals surface area contributed by atoms with E-state index in [0.717, 1.165) is 41.1 Å². The molecular weight excluding hydrogens is 370 g/mol. The van der Waals surface area contributed by atoms with Gasteiger partial charge >= 0.3 is 0 Å². The normalized spacial score (nSPS) is 13.6. The van der Waals surface area contributed by atoms with Gasteiger partial charge in [0, 0.05) is 23.7 Å². The van der Waals surface area contributed by atoms with Gasteiger partial charge in [0.1, 0.15) is 9.88 Å². The van der Waals surface area contributed by atoms with Crippen LogP contribution in [0.1, 0.15) is 34.5 Å². The standard InChI is InChI=1S/C22H21N3O2S/c26-20(16-9-5-10-16)25-18-11-4-6-15(12-18)13-23-21(27)19-14-24-22(28-19)17-7-2-1-3-8-17/h1-4,6-8,11-12,14,16H,5,9-10,13H2,(H,23,27)(H,25,26). The summed E-state index contributed by atoms with van der Waals surface area (Å²) in [6.45, 7) is 0.393. The molecule has 1 aromatic heterocycles. The van der Waals surface area contributed by atoms with Crippen LogP contribution in [0.15, 0.2) is 60.8 Å². The Bertz CT molecular complexity index is 980. The number of hydrogen-bond donors (Lipinski definition) is 2. The number of benzene rings is 2. The molecule has 2 amide bonds. The molecule has 5 nitrogen and oxygen atoms in total. The summed E-state index contributed by atoms with van der Waals surface area (Å²) in [4.78, 5) is 29.5. The van der Waals surface area contributed by atoms with Crippen LogP contribution in [0.5, 0.6) is 0 Å². The van der Waals surface area contributed by atoms with Gasteiger partial charge in [-0.1, -0.05) is 48.9 Å². The van der Waals surface area contributed by atoms with Gasteiger partial charge < -0.3 is 10.6 Å². The molecule has 0 saturated heterocycles. The van der Waals surface area contributed by atoms with Gasteiger partial charge in [-0.3, -0.25) is 9.59 Å². The Labute approximate surface area is 167 Å². The average molecular weight is 391 g/mol. The first-order chi connectivity index (χ1) is 13.7. The number of rotatable bonds is 6. The number of thiazole rings is 1. The van der Waals surface area contributed by atoms with Crippen molar-refractivity contribution in [2.24, 2.45) is 5.92 Å². The molecule has 2 aromatic carbocycles. The molecule has 0 bridgehead atoms. The summed E-state index contributed by atoms with van der Waals surface area (Å²) in [7, 11) is 0. The van der Waals surface area contributed by atoms with Gasteiger partial charge in [0.15, 0.2) is 0 Å². The van der Waals surface area contributed by atoms with Crippen LogP contribution in [0, 0.1) is 5.92 Å². The monoisotopic (exact) mass is 391 g/mol. The molecule has 2 N–H and O–H groups in total. The van der Waals surface area contributed by atoms with Crippen molar-refractivity contribution in [1.82, 2.24) is 10.3 Å². The van der Waals surface area contributed by atoms with Gasteiger partial charge in [0.25, 0.3) is 5.91 Å². The molecule has 0 spiro atoms. The Balaban J connectivity index is 1.35. The SMILES string of the molecule is O=C(NCc1cccc(NC(=O)C2CCC2)c1)c1cnc(-c2ccccc2)s1. The highest BCUT2D eigenvalue weighted by Crippen LogP contribution is 2.28. The molecule has 0 radical (unpaired) electrons. The molecule has 0 atom stereocenters. The maximum absolute atomic E-state index is 12.5. The quantitative estimate of drug-likeness (QED) is 0.651. The van der Waals surface area contributed by atoms with E-state index in [0.29, 0.717) is 11.4 Å². The number of nitrogens with zero attached hydrogens (tertiary/aromatic N) is 1. The lowest BCUT2D eigenvalue weighted by Crippen LogP contribution is -2.28. The Kier molecular flexibility index (Phi) is 5.48. The fourth-order valence-corrected chi connectivity index (χ4v) is 3.87. The highest BCUT2D eigenvalue weighted by Gasteiger charge is 2.25. The summed E-state index contributed by atoms with van der Waals surface area (Å²) in [6.07, 6.45) is 4.69. The minimum atomic E-state index is -0.149. The van der Waals surface area contributed by atoms with Crippen LogP contribution >= 0.6 is 11.3 Å². The van der Waals surface area contributed by atoms with E-state index >= 15 is 0 Å². The molecule has 28 heavy (non-hydrogen) atoms. The van der Waals surface area contributed by atoms with Crippen LogP contribution in [-0.4, -0.2) is 16.8 Å². The number of hydrogen-bond acceptors (Lipinski definition) is 4. The van der Waals surface area contributed by atoms with E-state index in [1.807, 2.05) is 54.6 Å². The Morgan fingerprint density at radius 2 is 1.89 bits per heavy atom. The van der Waals surface area contributed by atoms with Gasteiger partial charge in [-0.25, -0.2) is 4.98 Å². The third-order valence-electron chi connectivity index (χ3n) is 4.87. The van der Waals surface area contributed by atoms with Gasteiger partial charge in [0.05, 0.1) is 6.20 Å². The van der Waals surface area contributed by atoms with Crippen LogP contribution < -0.4 is 10.6 Å².